The molecule has 5 rings (SSSR count). The summed E-state index contributed by atoms with van der Waals surface area (Å²) in [6.45, 7) is 5.49. The summed E-state index contributed by atoms with van der Waals surface area (Å²) in [7, 11) is 0. The highest BCUT2D eigenvalue weighted by Crippen LogP contribution is 2.33. The van der Waals surface area contributed by atoms with E-state index in [0.29, 0.717) is 45.7 Å². The lowest BCUT2D eigenvalue weighted by Gasteiger charge is -2.19. The molecule has 208 valence electrons. The second kappa shape index (κ2) is 11.0. The number of fused-ring (bicyclic) bond motifs is 1. The van der Waals surface area contributed by atoms with Gasteiger partial charge in [0.1, 0.15) is 5.69 Å². The Hall–Kier alpha value is -3.75. The number of rotatable bonds is 10. The van der Waals surface area contributed by atoms with Crippen molar-refractivity contribution in [1.82, 2.24) is 19.7 Å². The molecule has 9 heteroatoms. The van der Waals surface area contributed by atoms with Gasteiger partial charge in [-0.25, -0.2) is 0 Å². The van der Waals surface area contributed by atoms with E-state index < -0.39 is 5.60 Å². The van der Waals surface area contributed by atoms with Crippen molar-refractivity contribution in [2.24, 2.45) is 0 Å². The smallest absolute Gasteiger partial charge is 0.269 e. The molecule has 2 N–H and O–H groups in total. The van der Waals surface area contributed by atoms with Gasteiger partial charge in [-0.05, 0) is 68.3 Å². The predicted molar refractivity (Wildman–Crippen MR) is 156 cm³/mol. The number of aromatic nitrogens is 3. The normalized spacial score (nSPS) is 13.5. The molecule has 0 aliphatic heterocycles. The van der Waals surface area contributed by atoms with Gasteiger partial charge in [0.2, 0.25) is 0 Å². The molecule has 2 heterocycles. The molecule has 2 aromatic carbocycles. The van der Waals surface area contributed by atoms with E-state index in [-0.39, 0.29) is 42.0 Å². The molecular formula is C31H33ClN4O4. The molecule has 0 unspecified atom stereocenters. The van der Waals surface area contributed by atoms with Crippen molar-refractivity contribution in [3.05, 3.63) is 87.1 Å². The molecule has 1 fully saturated rings. The minimum Gasteiger partial charge on any atom is -0.390 e. The predicted octanol–water partition coefficient (Wildman–Crippen LogP) is 5.21. The Kier molecular flexibility index (Phi) is 7.66. The van der Waals surface area contributed by atoms with Crippen LogP contribution in [0.4, 0.5) is 0 Å². The molecule has 1 aliphatic carbocycles. The highest BCUT2D eigenvalue weighted by atomic mass is 35.5. The van der Waals surface area contributed by atoms with Crippen LogP contribution in [0.15, 0.2) is 59.4 Å². The highest BCUT2D eigenvalue weighted by Gasteiger charge is 2.28. The third kappa shape index (κ3) is 5.88. The molecule has 0 saturated heterocycles. The minimum absolute atomic E-state index is 0.00245. The third-order valence-electron chi connectivity index (χ3n) is 7.11. The number of nitrogens with zero attached hydrogens (tertiary/aromatic N) is 3. The molecule has 0 spiro atoms. The van der Waals surface area contributed by atoms with Crippen LogP contribution in [0.3, 0.4) is 0 Å². The van der Waals surface area contributed by atoms with Crippen LogP contribution in [0.1, 0.15) is 73.1 Å². The second-order valence-electron chi connectivity index (χ2n) is 11.0. The van der Waals surface area contributed by atoms with Gasteiger partial charge in [0.25, 0.3) is 11.5 Å². The Bertz CT molecular complexity index is 1650. The minimum atomic E-state index is -0.946. The largest absolute Gasteiger partial charge is 0.390 e. The maximum absolute atomic E-state index is 13.9. The number of halogens is 1. The van der Waals surface area contributed by atoms with Crippen LogP contribution in [0.5, 0.6) is 0 Å². The summed E-state index contributed by atoms with van der Waals surface area (Å²) >= 11 is 6.36. The molecule has 1 saturated carbocycles. The van der Waals surface area contributed by atoms with E-state index in [4.69, 9.17) is 11.6 Å². The van der Waals surface area contributed by atoms with Crippen molar-refractivity contribution in [2.75, 3.05) is 0 Å². The number of ketones is 1. The number of hydrogen-bond acceptors (Lipinski definition) is 5. The zero-order chi connectivity index (χ0) is 28.6. The topological polar surface area (TPSA) is 106 Å². The number of hydrogen-bond donors (Lipinski definition) is 2. The van der Waals surface area contributed by atoms with Crippen LogP contribution in [0.25, 0.3) is 21.9 Å². The van der Waals surface area contributed by atoms with E-state index in [2.05, 4.69) is 10.4 Å². The number of aliphatic hydroxyl groups is 1. The molecule has 0 atom stereocenters. The second-order valence-corrected chi connectivity index (χ2v) is 11.4. The molecule has 1 amide bonds. The Morgan fingerprint density at radius 3 is 2.48 bits per heavy atom. The van der Waals surface area contributed by atoms with Crippen molar-refractivity contribution < 1.29 is 14.7 Å². The lowest BCUT2D eigenvalue weighted by atomic mass is 9.94. The lowest BCUT2D eigenvalue weighted by molar-refractivity contribution is 0.0642. The number of benzene rings is 2. The van der Waals surface area contributed by atoms with Gasteiger partial charge in [0, 0.05) is 35.0 Å². The fourth-order valence-electron chi connectivity index (χ4n) is 4.85. The van der Waals surface area contributed by atoms with Crippen LogP contribution >= 0.6 is 11.6 Å². The van der Waals surface area contributed by atoms with Crippen molar-refractivity contribution in [3.8, 4) is 11.1 Å². The molecule has 4 aromatic rings. The fraction of sp³-hybridized carbons (Fsp3) is 0.355. The van der Waals surface area contributed by atoms with Crippen LogP contribution in [-0.2, 0) is 13.1 Å². The SMILES string of the molecule is CCC(=O)c1c(-c2ccccc2)c2cc(Cl)ccc2c(=O)n1Cc1cc(C(=O)NC2CC2)n(CCC(C)(C)O)n1. The number of carbonyl (C=O) groups is 2. The van der Waals surface area contributed by atoms with Gasteiger partial charge in [-0.1, -0.05) is 48.9 Å². The monoisotopic (exact) mass is 560 g/mol. The van der Waals surface area contributed by atoms with Gasteiger partial charge in [0.15, 0.2) is 5.78 Å². The molecular weight excluding hydrogens is 528 g/mol. The van der Waals surface area contributed by atoms with Crippen molar-refractivity contribution >= 4 is 34.1 Å². The molecule has 0 radical (unpaired) electrons. The van der Waals surface area contributed by atoms with Crippen LogP contribution in [0.2, 0.25) is 5.02 Å². The first-order valence-corrected chi connectivity index (χ1v) is 14.0. The maximum atomic E-state index is 13.9. The summed E-state index contributed by atoms with van der Waals surface area (Å²) in [6, 6.07) is 16.4. The lowest BCUT2D eigenvalue weighted by Crippen LogP contribution is -2.29. The zero-order valence-electron chi connectivity index (χ0n) is 22.9. The quantitative estimate of drug-likeness (QED) is 0.259. The third-order valence-corrected chi connectivity index (χ3v) is 7.35. The molecule has 40 heavy (non-hydrogen) atoms. The van der Waals surface area contributed by atoms with E-state index in [9.17, 15) is 19.5 Å². The molecule has 8 nitrogen and oxygen atoms in total. The van der Waals surface area contributed by atoms with Crippen molar-refractivity contribution in [3.63, 3.8) is 0 Å². The Morgan fingerprint density at radius 1 is 1.10 bits per heavy atom. The first-order chi connectivity index (χ1) is 19.1. The number of nitrogens with one attached hydrogen (secondary N) is 1. The standard InChI is InChI=1S/C31H33ClN4O4/c1-4-26(37)28-27(19-8-6-5-7-9-19)24-16-20(32)10-13-23(24)30(39)35(28)18-22-17-25(29(38)33-21-11-12-21)36(34-22)15-14-31(2,3)40/h5-10,13,16-17,21,40H,4,11-12,14-15,18H2,1-3H3,(H,33,38). The van der Waals surface area contributed by atoms with Gasteiger partial charge in [-0.2, -0.15) is 5.10 Å². The maximum Gasteiger partial charge on any atom is 0.269 e. The van der Waals surface area contributed by atoms with E-state index in [1.807, 2.05) is 30.3 Å². The summed E-state index contributed by atoms with van der Waals surface area (Å²) in [5, 5.41) is 19.5. The number of carbonyl (C=O) groups excluding carboxylic acids is 2. The average Bonchev–Trinajstić information content (AvgIpc) is 3.64. The van der Waals surface area contributed by atoms with Gasteiger partial charge in [0.05, 0.1) is 23.5 Å². The van der Waals surface area contributed by atoms with E-state index in [1.165, 1.54) is 4.57 Å². The Labute approximate surface area is 237 Å². The van der Waals surface area contributed by atoms with Crippen LogP contribution < -0.4 is 10.9 Å². The van der Waals surface area contributed by atoms with Crippen molar-refractivity contribution in [2.45, 2.75) is 71.2 Å². The van der Waals surface area contributed by atoms with Gasteiger partial charge in [-0.15, -0.1) is 0 Å². The summed E-state index contributed by atoms with van der Waals surface area (Å²) in [4.78, 5) is 40.5. The zero-order valence-corrected chi connectivity index (χ0v) is 23.7. The number of amides is 1. The summed E-state index contributed by atoms with van der Waals surface area (Å²) in [5.41, 5.74) is 1.26. The Morgan fingerprint density at radius 2 is 1.82 bits per heavy atom. The van der Waals surface area contributed by atoms with Gasteiger partial charge >= 0.3 is 0 Å². The first-order valence-electron chi connectivity index (χ1n) is 13.6. The van der Waals surface area contributed by atoms with Gasteiger partial charge in [-0.3, -0.25) is 23.6 Å². The molecule has 2 aromatic heterocycles. The van der Waals surface area contributed by atoms with E-state index in [0.717, 1.165) is 18.4 Å². The average molecular weight is 561 g/mol. The van der Waals surface area contributed by atoms with Crippen molar-refractivity contribution in [1.29, 1.82) is 0 Å². The van der Waals surface area contributed by atoms with Crippen LogP contribution in [0, 0.1) is 0 Å². The van der Waals surface area contributed by atoms with Gasteiger partial charge < -0.3 is 10.4 Å². The number of Topliss-reactive ketones (excluding diaryl/α,β-unsaturated/α-hetero) is 1. The number of aryl methyl sites for hydroxylation is 1. The van der Waals surface area contributed by atoms with E-state index in [1.54, 1.807) is 49.7 Å². The first kappa shape index (κ1) is 27.8. The summed E-state index contributed by atoms with van der Waals surface area (Å²) in [5.74, 6) is -0.432. The van der Waals surface area contributed by atoms with Crippen LogP contribution in [-0.4, -0.2) is 42.8 Å². The Balaban J connectivity index is 1.68. The summed E-state index contributed by atoms with van der Waals surface area (Å²) in [6.07, 6.45) is 2.46. The fourth-order valence-corrected chi connectivity index (χ4v) is 5.03. The summed E-state index contributed by atoms with van der Waals surface area (Å²) < 4.78 is 3.05. The number of pyridine rings is 1. The molecule has 1 aliphatic rings. The highest BCUT2D eigenvalue weighted by molar-refractivity contribution is 6.31. The molecule has 0 bridgehead atoms. The van der Waals surface area contributed by atoms with E-state index >= 15 is 0 Å².